The van der Waals surface area contributed by atoms with Gasteiger partial charge < -0.3 is 11.1 Å². The minimum Gasteiger partial charge on any atom is -0.382 e. The third-order valence-corrected chi connectivity index (χ3v) is 4.32. The van der Waals surface area contributed by atoms with Gasteiger partial charge in [0.25, 0.3) is 0 Å². The Bertz CT molecular complexity index is 1130. The minimum absolute atomic E-state index is 0.344. The monoisotopic (exact) mass is 358 g/mol. The van der Waals surface area contributed by atoms with E-state index in [4.69, 9.17) is 5.73 Å². The predicted molar refractivity (Wildman–Crippen MR) is 108 cm³/mol. The zero-order valence-corrected chi connectivity index (χ0v) is 14.7. The summed E-state index contributed by atoms with van der Waals surface area (Å²) < 4.78 is 0. The van der Waals surface area contributed by atoms with E-state index in [2.05, 4.69) is 25.8 Å². The van der Waals surface area contributed by atoms with Gasteiger partial charge in [-0.15, -0.1) is 0 Å². The highest BCUT2D eigenvalue weighted by Crippen LogP contribution is 2.27. The molecule has 0 radical (unpaired) electrons. The maximum Gasteiger partial charge on any atom is 0.324 e. The number of urea groups is 1. The Morgan fingerprint density at radius 2 is 1.85 bits per heavy atom. The number of aromatic amines is 1. The number of nitrogens with zero attached hydrogens (tertiary/aromatic N) is 2. The maximum atomic E-state index is 12.3. The van der Waals surface area contributed by atoms with E-state index >= 15 is 0 Å². The zero-order valence-electron chi connectivity index (χ0n) is 14.7. The number of hydrogen-bond donors (Lipinski definition) is 4. The van der Waals surface area contributed by atoms with Crippen LogP contribution >= 0.6 is 0 Å². The number of para-hydroxylation sites is 1. The number of carbonyl (C=O) groups is 1. The van der Waals surface area contributed by atoms with E-state index in [0.29, 0.717) is 11.6 Å². The summed E-state index contributed by atoms with van der Waals surface area (Å²) in [7, 11) is 0. The molecule has 0 saturated carbocycles. The van der Waals surface area contributed by atoms with E-state index < -0.39 is 0 Å². The van der Waals surface area contributed by atoms with Gasteiger partial charge in [0.05, 0.1) is 5.52 Å². The van der Waals surface area contributed by atoms with Crippen LogP contribution in [0, 0.1) is 6.92 Å². The minimum atomic E-state index is -0.344. The van der Waals surface area contributed by atoms with Crippen molar-refractivity contribution in [3.63, 3.8) is 0 Å². The molecule has 0 atom stereocenters. The summed E-state index contributed by atoms with van der Waals surface area (Å²) in [6, 6.07) is 16.8. The van der Waals surface area contributed by atoms with Crippen molar-refractivity contribution < 1.29 is 4.79 Å². The molecular weight excluding hydrogens is 340 g/mol. The van der Waals surface area contributed by atoms with Crippen molar-refractivity contribution in [2.75, 3.05) is 16.4 Å². The van der Waals surface area contributed by atoms with Crippen molar-refractivity contribution >= 4 is 34.3 Å². The van der Waals surface area contributed by atoms with Gasteiger partial charge in [-0.25, -0.2) is 9.78 Å². The predicted octanol–water partition coefficient (Wildman–Crippen LogP) is 4.16. The number of aromatic nitrogens is 3. The standard InChI is InChI=1S/C20H18N6O/c1-12-4-2-3-5-16(12)23-20(27)24-18-11-14(8-9-22-18)13-6-7-17-15(10-13)19(21)26-25-17/h2-11H,1H3,(H3,21,25,26)(H2,22,23,24,27). The lowest BCUT2D eigenvalue weighted by Gasteiger charge is -2.10. The van der Waals surface area contributed by atoms with Gasteiger partial charge in [0.15, 0.2) is 5.82 Å². The number of rotatable bonds is 3. The normalized spacial score (nSPS) is 10.7. The number of amides is 2. The van der Waals surface area contributed by atoms with E-state index in [1.807, 2.05) is 61.5 Å². The molecule has 0 spiro atoms. The highest BCUT2D eigenvalue weighted by molar-refractivity contribution is 6.00. The number of carbonyl (C=O) groups excluding carboxylic acids is 1. The summed E-state index contributed by atoms with van der Waals surface area (Å²) >= 11 is 0. The molecule has 0 aliphatic heterocycles. The number of aryl methyl sites for hydroxylation is 1. The summed E-state index contributed by atoms with van der Waals surface area (Å²) in [5, 5.41) is 13.3. The fraction of sp³-hybridized carbons (Fsp3) is 0.0500. The molecule has 7 nitrogen and oxygen atoms in total. The molecule has 0 bridgehead atoms. The first-order valence-electron chi connectivity index (χ1n) is 8.44. The second-order valence-corrected chi connectivity index (χ2v) is 6.19. The number of nitrogen functional groups attached to an aromatic ring is 1. The third kappa shape index (κ3) is 3.43. The average Bonchev–Trinajstić information content (AvgIpc) is 3.04. The fourth-order valence-corrected chi connectivity index (χ4v) is 2.88. The molecule has 5 N–H and O–H groups in total. The van der Waals surface area contributed by atoms with Crippen LogP contribution in [0.3, 0.4) is 0 Å². The summed E-state index contributed by atoms with van der Waals surface area (Å²) in [5.41, 5.74) is 10.4. The first-order valence-corrected chi connectivity index (χ1v) is 8.44. The fourth-order valence-electron chi connectivity index (χ4n) is 2.88. The van der Waals surface area contributed by atoms with Crippen molar-refractivity contribution in [3.8, 4) is 11.1 Å². The van der Waals surface area contributed by atoms with E-state index in [1.165, 1.54) is 0 Å². The Morgan fingerprint density at radius 3 is 2.70 bits per heavy atom. The van der Waals surface area contributed by atoms with Crippen molar-refractivity contribution in [2.45, 2.75) is 6.92 Å². The van der Waals surface area contributed by atoms with E-state index in [-0.39, 0.29) is 6.03 Å². The van der Waals surface area contributed by atoms with Crippen LogP contribution in [0.15, 0.2) is 60.8 Å². The second kappa shape index (κ2) is 6.80. The number of benzene rings is 2. The Kier molecular flexibility index (Phi) is 4.18. The van der Waals surface area contributed by atoms with Gasteiger partial charge in [-0.05, 0) is 53.9 Å². The SMILES string of the molecule is Cc1ccccc1NC(=O)Nc1cc(-c2ccc3[nH]nc(N)c3c2)ccn1. The molecule has 2 amide bonds. The molecule has 2 aromatic heterocycles. The van der Waals surface area contributed by atoms with Crippen molar-refractivity contribution in [1.82, 2.24) is 15.2 Å². The van der Waals surface area contributed by atoms with Crippen LogP contribution in [-0.2, 0) is 0 Å². The van der Waals surface area contributed by atoms with Crippen LogP contribution in [-0.4, -0.2) is 21.2 Å². The summed E-state index contributed by atoms with van der Waals surface area (Å²) in [5.74, 6) is 0.913. The Labute approximate surface area is 155 Å². The van der Waals surface area contributed by atoms with Crippen molar-refractivity contribution in [3.05, 3.63) is 66.4 Å². The molecule has 0 fully saturated rings. The number of nitrogens with one attached hydrogen (secondary N) is 3. The lowest BCUT2D eigenvalue weighted by molar-refractivity contribution is 0.262. The average molecular weight is 358 g/mol. The summed E-state index contributed by atoms with van der Waals surface area (Å²) in [6.45, 7) is 1.94. The van der Waals surface area contributed by atoms with E-state index in [9.17, 15) is 4.79 Å². The smallest absolute Gasteiger partial charge is 0.324 e. The molecule has 0 unspecified atom stereocenters. The molecule has 27 heavy (non-hydrogen) atoms. The Morgan fingerprint density at radius 1 is 1.04 bits per heavy atom. The first-order chi connectivity index (χ1) is 13.1. The Balaban J connectivity index is 1.55. The number of H-pyrrole nitrogens is 1. The Hall–Kier alpha value is -3.87. The van der Waals surface area contributed by atoms with Gasteiger partial charge in [0.1, 0.15) is 5.82 Å². The number of hydrogen-bond acceptors (Lipinski definition) is 4. The lowest BCUT2D eigenvalue weighted by Crippen LogP contribution is -2.20. The van der Waals surface area contributed by atoms with Crippen LogP contribution in [0.1, 0.15) is 5.56 Å². The highest BCUT2D eigenvalue weighted by atomic mass is 16.2. The molecule has 2 heterocycles. The topological polar surface area (TPSA) is 109 Å². The van der Waals surface area contributed by atoms with Gasteiger partial charge in [0.2, 0.25) is 0 Å². The molecular formula is C20H18N6O. The van der Waals surface area contributed by atoms with Gasteiger partial charge >= 0.3 is 6.03 Å². The number of nitrogens with two attached hydrogens (primary N) is 1. The van der Waals surface area contributed by atoms with Crippen LogP contribution in [0.4, 0.5) is 22.1 Å². The molecule has 134 valence electrons. The summed E-state index contributed by atoms with van der Waals surface area (Å²) in [6.07, 6.45) is 1.65. The summed E-state index contributed by atoms with van der Waals surface area (Å²) in [4.78, 5) is 16.5. The van der Waals surface area contributed by atoms with Crippen LogP contribution in [0.5, 0.6) is 0 Å². The van der Waals surface area contributed by atoms with E-state index in [1.54, 1.807) is 6.20 Å². The first kappa shape index (κ1) is 16.6. The van der Waals surface area contributed by atoms with Gasteiger partial charge in [0, 0.05) is 17.3 Å². The lowest BCUT2D eigenvalue weighted by atomic mass is 10.0. The largest absolute Gasteiger partial charge is 0.382 e. The number of pyridine rings is 1. The molecule has 0 saturated heterocycles. The van der Waals surface area contributed by atoms with Crippen molar-refractivity contribution in [1.29, 1.82) is 0 Å². The highest BCUT2D eigenvalue weighted by Gasteiger charge is 2.08. The quantitative estimate of drug-likeness (QED) is 0.441. The van der Waals surface area contributed by atoms with Gasteiger partial charge in [-0.1, -0.05) is 24.3 Å². The number of anilines is 3. The third-order valence-electron chi connectivity index (χ3n) is 4.32. The van der Waals surface area contributed by atoms with Crippen molar-refractivity contribution in [2.24, 2.45) is 0 Å². The van der Waals surface area contributed by atoms with Crippen LogP contribution < -0.4 is 16.4 Å². The number of fused-ring (bicyclic) bond motifs is 1. The molecule has 0 aliphatic rings. The zero-order chi connectivity index (χ0) is 18.8. The van der Waals surface area contributed by atoms with Crippen LogP contribution in [0.2, 0.25) is 0 Å². The molecule has 4 aromatic rings. The van der Waals surface area contributed by atoms with Gasteiger partial charge in [-0.3, -0.25) is 10.4 Å². The van der Waals surface area contributed by atoms with E-state index in [0.717, 1.165) is 33.3 Å². The van der Waals surface area contributed by atoms with Gasteiger partial charge in [-0.2, -0.15) is 5.10 Å². The maximum absolute atomic E-state index is 12.3. The van der Waals surface area contributed by atoms with Crippen LogP contribution in [0.25, 0.3) is 22.0 Å². The molecule has 2 aromatic carbocycles. The second-order valence-electron chi connectivity index (χ2n) is 6.19. The molecule has 7 heteroatoms. The molecule has 0 aliphatic carbocycles. The molecule has 4 rings (SSSR count).